The molecule has 1 saturated carbocycles. The molecule has 1 aliphatic carbocycles. The van der Waals surface area contributed by atoms with E-state index >= 15 is 0 Å². The predicted octanol–water partition coefficient (Wildman–Crippen LogP) is 3.76. The molecule has 0 spiro atoms. The number of amides is 1. The van der Waals surface area contributed by atoms with Gasteiger partial charge in [-0.2, -0.15) is 13.2 Å². The standard InChI is InChI=1S/C20H22ClF3N6O2/c1-10-6-14(28-18(27-10)29-16(31)11-4-5-11)15(25)30-19(2,3)9-32-17-13(21)7-12(8-26-17)20(22,23)24/h6-8,11H,4-5,9H2,1-3H3,(H2,25,30)(H,27,28,29,31). The molecule has 1 aliphatic rings. The lowest BCUT2D eigenvalue weighted by atomic mass is 10.1. The SMILES string of the molecule is Cc1cc(C(N)=NC(C)(C)COc2ncc(C(F)(F)F)cc2Cl)nc(NC(=O)C2CC2)n1. The summed E-state index contributed by atoms with van der Waals surface area (Å²) in [4.78, 5) is 28.5. The molecular formula is C20H22ClF3N6O2. The minimum atomic E-state index is -4.56. The normalized spacial score (nSPS) is 14.9. The molecule has 3 rings (SSSR count). The Morgan fingerprint density at radius 3 is 2.59 bits per heavy atom. The van der Waals surface area contributed by atoms with E-state index in [9.17, 15) is 18.0 Å². The number of carbonyl (C=O) groups excluding carboxylic acids is 1. The van der Waals surface area contributed by atoms with Gasteiger partial charge in [0.15, 0.2) is 0 Å². The quantitative estimate of drug-likeness (QED) is 0.470. The number of nitrogens with one attached hydrogen (secondary N) is 1. The van der Waals surface area contributed by atoms with E-state index < -0.39 is 17.3 Å². The summed E-state index contributed by atoms with van der Waals surface area (Å²) in [5, 5.41) is 2.40. The number of aryl methyl sites for hydroxylation is 1. The third-order valence-corrected chi connectivity index (χ3v) is 4.69. The molecule has 0 unspecified atom stereocenters. The van der Waals surface area contributed by atoms with Crippen LogP contribution in [0.5, 0.6) is 5.88 Å². The molecule has 0 aliphatic heterocycles. The van der Waals surface area contributed by atoms with Crippen LogP contribution in [0.1, 0.15) is 43.6 Å². The van der Waals surface area contributed by atoms with Crippen LogP contribution < -0.4 is 15.8 Å². The Balaban J connectivity index is 1.71. The highest BCUT2D eigenvalue weighted by Crippen LogP contribution is 2.33. The molecule has 2 aromatic heterocycles. The first kappa shape index (κ1) is 23.7. The molecule has 2 aromatic rings. The van der Waals surface area contributed by atoms with E-state index in [1.165, 1.54) is 0 Å². The minimum absolute atomic E-state index is 0.00436. The first-order valence-corrected chi connectivity index (χ1v) is 10.1. The monoisotopic (exact) mass is 470 g/mol. The van der Waals surface area contributed by atoms with Crippen molar-refractivity contribution in [1.82, 2.24) is 15.0 Å². The molecule has 12 heteroatoms. The van der Waals surface area contributed by atoms with Crippen LogP contribution >= 0.6 is 11.6 Å². The van der Waals surface area contributed by atoms with Gasteiger partial charge in [-0.15, -0.1) is 0 Å². The number of aromatic nitrogens is 3. The number of nitrogens with two attached hydrogens (primary N) is 1. The Kier molecular flexibility index (Phi) is 6.59. The van der Waals surface area contributed by atoms with Crippen molar-refractivity contribution in [3.63, 3.8) is 0 Å². The van der Waals surface area contributed by atoms with Crippen LogP contribution in [0, 0.1) is 12.8 Å². The number of amidine groups is 1. The number of hydrogen-bond donors (Lipinski definition) is 2. The summed E-state index contributed by atoms with van der Waals surface area (Å²) in [6.07, 6.45) is -2.22. The highest BCUT2D eigenvalue weighted by Gasteiger charge is 2.32. The van der Waals surface area contributed by atoms with Gasteiger partial charge in [-0.05, 0) is 45.7 Å². The summed E-state index contributed by atoms with van der Waals surface area (Å²) in [6.45, 7) is 5.09. The average Bonchev–Trinajstić information content (AvgIpc) is 3.50. The second-order valence-corrected chi connectivity index (χ2v) is 8.50. The number of aliphatic imine (C=N–C) groups is 1. The third kappa shape index (κ3) is 6.28. The van der Waals surface area contributed by atoms with Gasteiger partial charge in [0.05, 0.1) is 11.1 Å². The summed E-state index contributed by atoms with van der Waals surface area (Å²) in [7, 11) is 0. The van der Waals surface area contributed by atoms with Gasteiger partial charge in [-0.1, -0.05) is 11.6 Å². The van der Waals surface area contributed by atoms with E-state index in [0.29, 0.717) is 17.6 Å². The van der Waals surface area contributed by atoms with Crippen molar-refractivity contribution in [1.29, 1.82) is 0 Å². The number of rotatable bonds is 7. The van der Waals surface area contributed by atoms with Gasteiger partial charge in [-0.25, -0.2) is 15.0 Å². The number of hydrogen-bond acceptors (Lipinski definition) is 6. The molecule has 2 heterocycles. The Morgan fingerprint density at radius 2 is 2.00 bits per heavy atom. The van der Waals surface area contributed by atoms with Crippen LogP contribution in [-0.4, -0.2) is 38.8 Å². The molecule has 1 amide bonds. The molecule has 0 bridgehead atoms. The van der Waals surface area contributed by atoms with Gasteiger partial charge < -0.3 is 10.5 Å². The van der Waals surface area contributed by atoms with E-state index in [1.54, 1.807) is 26.8 Å². The molecule has 8 nitrogen and oxygen atoms in total. The molecular weight excluding hydrogens is 449 g/mol. The summed E-state index contributed by atoms with van der Waals surface area (Å²) < 4.78 is 43.7. The van der Waals surface area contributed by atoms with Gasteiger partial charge in [0, 0.05) is 17.8 Å². The fourth-order valence-corrected chi connectivity index (χ4v) is 2.88. The van der Waals surface area contributed by atoms with E-state index in [0.717, 1.165) is 18.9 Å². The second kappa shape index (κ2) is 8.89. The highest BCUT2D eigenvalue weighted by molar-refractivity contribution is 6.31. The Morgan fingerprint density at radius 1 is 1.31 bits per heavy atom. The predicted molar refractivity (Wildman–Crippen MR) is 113 cm³/mol. The fraction of sp³-hybridized carbons (Fsp3) is 0.450. The summed E-state index contributed by atoms with van der Waals surface area (Å²) in [6, 6.07) is 2.37. The first-order chi connectivity index (χ1) is 14.8. The zero-order valence-electron chi connectivity index (χ0n) is 17.6. The van der Waals surface area contributed by atoms with E-state index in [4.69, 9.17) is 22.1 Å². The lowest BCUT2D eigenvalue weighted by Gasteiger charge is -2.21. The van der Waals surface area contributed by atoms with Crippen molar-refractivity contribution in [3.05, 3.63) is 40.3 Å². The minimum Gasteiger partial charge on any atom is -0.474 e. The highest BCUT2D eigenvalue weighted by atomic mass is 35.5. The first-order valence-electron chi connectivity index (χ1n) is 9.72. The largest absolute Gasteiger partial charge is 0.474 e. The second-order valence-electron chi connectivity index (χ2n) is 8.09. The maximum atomic E-state index is 12.7. The van der Waals surface area contributed by atoms with Crippen molar-refractivity contribution in [2.75, 3.05) is 11.9 Å². The topological polar surface area (TPSA) is 115 Å². The molecule has 0 aromatic carbocycles. The van der Waals surface area contributed by atoms with E-state index in [-0.39, 0.29) is 41.1 Å². The van der Waals surface area contributed by atoms with Gasteiger partial charge in [0.25, 0.3) is 0 Å². The van der Waals surface area contributed by atoms with Crippen LogP contribution in [0.2, 0.25) is 5.02 Å². The van der Waals surface area contributed by atoms with Gasteiger partial charge in [0.1, 0.15) is 23.2 Å². The molecule has 3 N–H and O–H groups in total. The Labute approximate surface area is 187 Å². The molecule has 172 valence electrons. The number of halogens is 4. The van der Waals surface area contributed by atoms with Crippen molar-refractivity contribution in [2.24, 2.45) is 16.6 Å². The number of anilines is 1. The molecule has 32 heavy (non-hydrogen) atoms. The van der Waals surface area contributed by atoms with Crippen molar-refractivity contribution < 1.29 is 22.7 Å². The Bertz CT molecular complexity index is 1050. The van der Waals surface area contributed by atoms with Gasteiger partial charge in [-0.3, -0.25) is 15.1 Å². The lowest BCUT2D eigenvalue weighted by Crippen LogP contribution is -2.31. The Hall–Kier alpha value is -2.95. The average molecular weight is 471 g/mol. The summed E-state index contributed by atoms with van der Waals surface area (Å²) in [5.41, 5.74) is 5.16. The zero-order valence-corrected chi connectivity index (χ0v) is 18.4. The molecule has 0 saturated heterocycles. The summed E-state index contributed by atoms with van der Waals surface area (Å²) >= 11 is 5.87. The van der Waals surface area contributed by atoms with Crippen molar-refractivity contribution in [2.45, 2.75) is 45.3 Å². The van der Waals surface area contributed by atoms with Gasteiger partial charge >= 0.3 is 6.18 Å². The number of nitrogens with zero attached hydrogens (tertiary/aromatic N) is 4. The van der Waals surface area contributed by atoms with E-state index in [1.807, 2.05) is 0 Å². The van der Waals surface area contributed by atoms with E-state index in [2.05, 4.69) is 25.3 Å². The maximum absolute atomic E-state index is 12.7. The molecule has 0 radical (unpaired) electrons. The number of pyridine rings is 1. The van der Waals surface area contributed by atoms with Crippen molar-refractivity contribution >= 4 is 29.3 Å². The van der Waals surface area contributed by atoms with Crippen LogP contribution in [0.3, 0.4) is 0 Å². The number of alkyl halides is 3. The van der Waals surface area contributed by atoms with Crippen molar-refractivity contribution in [3.8, 4) is 5.88 Å². The van der Waals surface area contributed by atoms with Crippen LogP contribution in [0.15, 0.2) is 23.3 Å². The van der Waals surface area contributed by atoms with Crippen LogP contribution in [-0.2, 0) is 11.0 Å². The lowest BCUT2D eigenvalue weighted by molar-refractivity contribution is -0.137. The van der Waals surface area contributed by atoms with Crippen LogP contribution in [0.4, 0.5) is 19.1 Å². The van der Waals surface area contributed by atoms with Crippen LogP contribution in [0.25, 0.3) is 0 Å². The third-order valence-electron chi connectivity index (χ3n) is 4.42. The number of carbonyl (C=O) groups is 1. The zero-order chi connectivity index (χ0) is 23.7. The maximum Gasteiger partial charge on any atom is 0.417 e. The van der Waals surface area contributed by atoms with Gasteiger partial charge in [0.2, 0.25) is 17.7 Å². The summed E-state index contributed by atoms with van der Waals surface area (Å²) in [5.74, 6) is -0.0613. The molecule has 0 atom stereocenters. The fourth-order valence-electron chi connectivity index (χ4n) is 2.66. The molecule has 1 fully saturated rings. The number of ether oxygens (including phenoxy) is 1. The smallest absolute Gasteiger partial charge is 0.417 e.